The lowest BCUT2D eigenvalue weighted by molar-refractivity contribution is -0.144. The van der Waals surface area contributed by atoms with Crippen LogP contribution < -0.4 is 16.0 Å². The van der Waals surface area contributed by atoms with Gasteiger partial charge in [-0.3, -0.25) is 19.2 Å². The van der Waals surface area contributed by atoms with Gasteiger partial charge >= 0.3 is 5.97 Å². The van der Waals surface area contributed by atoms with Gasteiger partial charge in [-0.05, 0) is 57.4 Å². The number of hydrogen-bond acceptors (Lipinski definition) is 7. The number of carbonyl (C=O) groups excluding carboxylic acids is 5. The van der Waals surface area contributed by atoms with Gasteiger partial charge in [0.1, 0.15) is 24.2 Å². The second kappa shape index (κ2) is 12.0. The zero-order valence-corrected chi connectivity index (χ0v) is 23.2. The van der Waals surface area contributed by atoms with Crippen LogP contribution >= 0.6 is 0 Å². The number of rotatable bonds is 7. The summed E-state index contributed by atoms with van der Waals surface area (Å²) in [5.41, 5.74) is 1.21. The Kier molecular flexibility index (Phi) is 8.39. The number of benzene rings is 1. The van der Waals surface area contributed by atoms with Crippen LogP contribution in [0.15, 0.2) is 24.3 Å². The molecule has 4 heterocycles. The minimum atomic E-state index is -0.649. The summed E-state index contributed by atoms with van der Waals surface area (Å²) in [6, 6.07) is 4.83. The van der Waals surface area contributed by atoms with Gasteiger partial charge < -0.3 is 30.5 Å². The van der Waals surface area contributed by atoms with Crippen LogP contribution in [0.1, 0.15) is 74.2 Å². The molecule has 1 aromatic carbocycles. The fraction of sp³-hybridized carbons (Fsp3) is 0.621. The third kappa shape index (κ3) is 5.70. The summed E-state index contributed by atoms with van der Waals surface area (Å²) >= 11 is 0. The number of carbonyl (C=O) groups is 5. The molecule has 4 fully saturated rings. The van der Waals surface area contributed by atoms with Crippen LogP contribution in [0.3, 0.4) is 0 Å². The van der Waals surface area contributed by atoms with E-state index >= 15 is 0 Å². The first-order valence-electron chi connectivity index (χ1n) is 14.4. The molecule has 4 amide bonds. The van der Waals surface area contributed by atoms with Crippen molar-refractivity contribution in [3.05, 3.63) is 35.4 Å². The van der Waals surface area contributed by atoms with Gasteiger partial charge in [0.25, 0.3) is 5.91 Å². The molecule has 0 aliphatic carbocycles. The van der Waals surface area contributed by atoms with Gasteiger partial charge in [-0.2, -0.15) is 0 Å². The second-order valence-electron chi connectivity index (χ2n) is 11.4. The number of likely N-dealkylation sites (tertiary alicyclic amines) is 1. The van der Waals surface area contributed by atoms with Gasteiger partial charge in [0, 0.05) is 37.5 Å². The number of likely N-dealkylation sites (N-methyl/N-ethyl adjacent to an activating group) is 1. The molecular formula is C29H39N5O6. The quantitative estimate of drug-likeness (QED) is 0.426. The summed E-state index contributed by atoms with van der Waals surface area (Å²) in [7, 11) is 1.69. The predicted octanol–water partition coefficient (Wildman–Crippen LogP) is 0.859. The molecule has 6 atom stereocenters. The van der Waals surface area contributed by atoms with Crippen molar-refractivity contribution in [2.24, 2.45) is 0 Å². The first kappa shape index (κ1) is 28.1. The Morgan fingerprint density at radius 1 is 1.07 bits per heavy atom. The lowest BCUT2D eigenvalue weighted by Crippen LogP contribution is -2.57. The summed E-state index contributed by atoms with van der Waals surface area (Å²) < 4.78 is 5.31. The first-order valence-corrected chi connectivity index (χ1v) is 14.4. The van der Waals surface area contributed by atoms with Gasteiger partial charge in [0.05, 0.1) is 6.04 Å². The molecule has 0 saturated carbocycles. The maximum Gasteiger partial charge on any atom is 0.329 e. The highest BCUT2D eigenvalue weighted by atomic mass is 16.6. The maximum atomic E-state index is 13.6. The molecule has 216 valence electrons. The molecule has 11 heteroatoms. The largest absolute Gasteiger partial charge is 0.461 e. The van der Waals surface area contributed by atoms with Gasteiger partial charge in [-0.25, -0.2) is 4.79 Å². The molecule has 4 aliphatic heterocycles. The summed E-state index contributed by atoms with van der Waals surface area (Å²) in [5.74, 6) is -1.23. The Labute approximate surface area is 234 Å². The van der Waals surface area contributed by atoms with E-state index in [4.69, 9.17) is 4.74 Å². The topological polar surface area (TPSA) is 137 Å². The van der Waals surface area contributed by atoms with Gasteiger partial charge in [-0.1, -0.05) is 25.0 Å². The molecule has 40 heavy (non-hydrogen) atoms. The van der Waals surface area contributed by atoms with Crippen molar-refractivity contribution in [2.75, 3.05) is 13.6 Å². The van der Waals surface area contributed by atoms with Crippen molar-refractivity contribution in [3.8, 4) is 0 Å². The molecule has 4 aliphatic rings. The van der Waals surface area contributed by atoms with Crippen LogP contribution in [0.2, 0.25) is 0 Å². The lowest BCUT2D eigenvalue weighted by Gasteiger charge is -2.35. The first-order chi connectivity index (χ1) is 19.3. The number of esters is 1. The number of nitrogens with one attached hydrogen (secondary N) is 3. The fourth-order valence-corrected chi connectivity index (χ4v) is 6.39. The molecule has 0 aromatic heterocycles. The monoisotopic (exact) mass is 553 g/mol. The van der Waals surface area contributed by atoms with Crippen LogP contribution in [-0.2, 0) is 30.5 Å². The van der Waals surface area contributed by atoms with Crippen LogP contribution in [0.25, 0.3) is 0 Å². The molecule has 3 unspecified atom stereocenters. The fourth-order valence-electron chi connectivity index (χ4n) is 6.39. The lowest BCUT2D eigenvalue weighted by atomic mass is 9.98. The highest BCUT2D eigenvalue weighted by molar-refractivity contribution is 5.98. The second-order valence-corrected chi connectivity index (χ2v) is 11.4. The number of hydrogen-bond donors (Lipinski definition) is 3. The van der Waals surface area contributed by atoms with Crippen molar-refractivity contribution in [3.63, 3.8) is 0 Å². The van der Waals surface area contributed by atoms with Crippen LogP contribution in [0.4, 0.5) is 0 Å². The van der Waals surface area contributed by atoms with Gasteiger partial charge in [-0.15, -0.1) is 0 Å². The molecule has 11 nitrogen and oxygen atoms in total. The minimum absolute atomic E-state index is 0.0166. The normalized spacial score (nSPS) is 28.7. The number of amides is 4. The smallest absolute Gasteiger partial charge is 0.329 e. The van der Waals surface area contributed by atoms with Crippen molar-refractivity contribution in [2.45, 2.75) is 101 Å². The Morgan fingerprint density at radius 2 is 1.88 bits per heavy atom. The molecule has 0 radical (unpaired) electrons. The molecule has 1 aromatic rings. The number of piperidine rings is 1. The van der Waals surface area contributed by atoms with Crippen LogP contribution in [0, 0.1) is 0 Å². The molecule has 4 saturated heterocycles. The van der Waals surface area contributed by atoms with E-state index in [-0.39, 0.29) is 48.3 Å². The van der Waals surface area contributed by atoms with Gasteiger partial charge in [0.15, 0.2) is 0 Å². The Balaban J connectivity index is 1.23. The third-order valence-electron chi connectivity index (χ3n) is 8.79. The standard InChI is InChI=1S/C29H39N5O6/c1-17(30-2)25(35)32-22-9-4-3-8-20-10-11-23(34(20)28(22)38)26(36)31-16-18-6-5-7-19(14-18)27(37)33-13-12-21-15-24(33)29(39)40-21/h5-7,14,17,20-24,30H,3-4,8-13,15-16H2,1-2H3,(H,31,36)(H,32,35)/t17?,20-,21?,22-,23-,24?/m0/s1. The van der Waals surface area contributed by atoms with Crippen molar-refractivity contribution in [1.82, 2.24) is 25.8 Å². The number of fused-ring (bicyclic) bond motifs is 3. The Morgan fingerprint density at radius 3 is 2.67 bits per heavy atom. The maximum absolute atomic E-state index is 13.6. The van der Waals surface area contributed by atoms with E-state index in [0.29, 0.717) is 37.8 Å². The van der Waals surface area contributed by atoms with Crippen molar-refractivity contribution in [1.29, 1.82) is 0 Å². The highest BCUT2D eigenvalue weighted by Crippen LogP contribution is 2.32. The van der Waals surface area contributed by atoms with E-state index in [2.05, 4.69) is 16.0 Å². The van der Waals surface area contributed by atoms with E-state index in [1.807, 2.05) is 6.07 Å². The van der Waals surface area contributed by atoms with Crippen molar-refractivity contribution < 1.29 is 28.7 Å². The van der Waals surface area contributed by atoms with E-state index in [9.17, 15) is 24.0 Å². The Bertz CT molecular complexity index is 1170. The van der Waals surface area contributed by atoms with Crippen LogP contribution in [0.5, 0.6) is 0 Å². The number of ether oxygens (including phenoxy) is 1. The average molecular weight is 554 g/mol. The summed E-state index contributed by atoms with van der Waals surface area (Å²) in [5, 5.41) is 8.74. The molecule has 3 N–H and O–H groups in total. The molecule has 0 spiro atoms. The zero-order valence-electron chi connectivity index (χ0n) is 23.2. The van der Waals surface area contributed by atoms with E-state index in [1.54, 1.807) is 42.0 Å². The third-order valence-corrected chi connectivity index (χ3v) is 8.79. The zero-order chi connectivity index (χ0) is 28.4. The minimum Gasteiger partial charge on any atom is -0.461 e. The van der Waals surface area contributed by atoms with E-state index in [1.165, 1.54) is 0 Å². The predicted molar refractivity (Wildman–Crippen MR) is 145 cm³/mol. The summed E-state index contributed by atoms with van der Waals surface area (Å²) in [6.45, 7) is 2.42. The van der Waals surface area contributed by atoms with E-state index in [0.717, 1.165) is 31.2 Å². The van der Waals surface area contributed by atoms with Crippen molar-refractivity contribution >= 4 is 29.6 Å². The molecule has 5 rings (SSSR count). The number of nitrogens with zero attached hydrogens (tertiary/aromatic N) is 2. The highest BCUT2D eigenvalue weighted by Gasteiger charge is 2.45. The SMILES string of the molecule is CNC(C)C(=O)N[C@H]1CCCC[C@H]2CC[C@@H](C(=O)NCc3cccc(C(=O)N4CCC5CC4C(=O)O5)c3)N2C1=O. The molecule has 2 bridgehead atoms. The Hall–Kier alpha value is -3.47. The summed E-state index contributed by atoms with van der Waals surface area (Å²) in [4.78, 5) is 68.1. The van der Waals surface area contributed by atoms with E-state index < -0.39 is 24.2 Å². The molecular weight excluding hydrogens is 514 g/mol. The average Bonchev–Trinajstić information content (AvgIpc) is 3.51. The van der Waals surface area contributed by atoms with Crippen LogP contribution in [-0.4, -0.2) is 89.3 Å². The summed E-state index contributed by atoms with van der Waals surface area (Å²) in [6.07, 6.45) is 5.59. The van der Waals surface area contributed by atoms with Gasteiger partial charge in [0.2, 0.25) is 17.7 Å².